The molecule has 0 amide bonds. The van der Waals surface area contributed by atoms with E-state index in [0.717, 1.165) is 12.8 Å². The van der Waals surface area contributed by atoms with Gasteiger partial charge in [-0.3, -0.25) is 0 Å². The Morgan fingerprint density at radius 2 is 1.90 bits per heavy atom. The monoisotopic (exact) mass is 272 g/mol. The average molecular weight is 272 g/mol. The van der Waals surface area contributed by atoms with E-state index in [2.05, 4.69) is 67.8 Å². The van der Waals surface area contributed by atoms with Crippen molar-refractivity contribution >= 4 is 6.21 Å². The van der Waals surface area contributed by atoms with E-state index in [-0.39, 0.29) is 5.41 Å². The van der Waals surface area contributed by atoms with Gasteiger partial charge in [0.2, 0.25) is 0 Å². The Bertz CT molecular complexity index is 523. The van der Waals surface area contributed by atoms with E-state index in [4.69, 9.17) is 0 Å². The van der Waals surface area contributed by atoms with Crippen molar-refractivity contribution in [2.24, 2.45) is 10.5 Å². The van der Waals surface area contributed by atoms with Crippen LogP contribution in [-0.4, -0.2) is 21.1 Å². The van der Waals surface area contributed by atoms with Gasteiger partial charge in [-0.1, -0.05) is 25.5 Å². The lowest BCUT2D eigenvalue weighted by atomic mass is 9.95. The maximum Gasteiger partial charge on any atom is 0.141 e. The maximum atomic E-state index is 4.28. The van der Waals surface area contributed by atoms with Crippen LogP contribution in [0.25, 0.3) is 0 Å². The maximum absolute atomic E-state index is 4.28. The molecule has 0 unspecified atom stereocenters. The van der Waals surface area contributed by atoms with Crippen LogP contribution in [0, 0.1) is 5.41 Å². The Labute approximate surface area is 121 Å². The smallest absolute Gasteiger partial charge is 0.141 e. The van der Waals surface area contributed by atoms with Gasteiger partial charge in [0.15, 0.2) is 0 Å². The Balaban J connectivity index is 2.63. The highest BCUT2D eigenvalue weighted by atomic mass is 15.4. The summed E-state index contributed by atoms with van der Waals surface area (Å²) in [5.41, 5.74) is 5.83. The minimum absolute atomic E-state index is 0.151. The third-order valence-electron chi connectivity index (χ3n) is 2.69. The summed E-state index contributed by atoms with van der Waals surface area (Å²) in [4.78, 5) is 0. The molecule has 1 aromatic heterocycles. The van der Waals surface area contributed by atoms with Crippen LogP contribution in [0.5, 0.6) is 0 Å². The molecule has 1 heterocycles. The highest BCUT2D eigenvalue weighted by molar-refractivity contribution is 5.67. The van der Waals surface area contributed by atoms with Gasteiger partial charge >= 0.3 is 0 Å². The first-order chi connectivity index (χ1) is 9.39. The van der Waals surface area contributed by atoms with Gasteiger partial charge in [-0.05, 0) is 45.3 Å². The molecule has 0 radical (unpaired) electrons. The SMILES string of the molecule is CC(=C=CC(C)(C)/C=N\n1cnnc1)CCC=C(C)C. The molecule has 0 aliphatic carbocycles. The summed E-state index contributed by atoms with van der Waals surface area (Å²) in [5, 5.41) is 11.7. The number of aromatic nitrogens is 3. The molecule has 1 aromatic rings. The summed E-state index contributed by atoms with van der Waals surface area (Å²) in [6.07, 6.45) is 11.4. The minimum Gasteiger partial charge on any atom is -0.208 e. The molecule has 0 fully saturated rings. The summed E-state index contributed by atoms with van der Waals surface area (Å²) >= 11 is 0. The summed E-state index contributed by atoms with van der Waals surface area (Å²) in [6, 6.07) is 0. The van der Waals surface area contributed by atoms with Crippen molar-refractivity contribution in [3.05, 3.63) is 41.7 Å². The predicted molar refractivity (Wildman–Crippen MR) is 83.6 cm³/mol. The van der Waals surface area contributed by atoms with E-state index in [1.54, 1.807) is 17.3 Å². The summed E-state index contributed by atoms with van der Waals surface area (Å²) in [6.45, 7) is 10.6. The highest BCUT2D eigenvalue weighted by Crippen LogP contribution is 2.14. The summed E-state index contributed by atoms with van der Waals surface area (Å²) < 4.78 is 1.58. The van der Waals surface area contributed by atoms with Crippen LogP contribution in [0.15, 0.2) is 46.8 Å². The lowest BCUT2D eigenvalue weighted by Gasteiger charge is -2.11. The Morgan fingerprint density at radius 1 is 1.25 bits per heavy atom. The van der Waals surface area contributed by atoms with Gasteiger partial charge in [0.1, 0.15) is 12.7 Å². The molecule has 4 heteroatoms. The summed E-state index contributed by atoms with van der Waals surface area (Å²) in [5.74, 6) is 0. The fourth-order valence-electron chi connectivity index (χ4n) is 1.47. The molecule has 4 nitrogen and oxygen atoms in total. The highest BCUT2D eigenvalue weighted by Gasteiger charge is 2.09. The van der Waals surface area contributed by atoms with Crippen molar-refractivity contribution in [3.8, 4) is 0 Å². The minimum atomic E-state index is -0.151. The van der Waals surface area contributed by atoms with E-state index < -0.39 is 0 Å². The van der Waals surface area contributed by atoms with Crippen LogP contribution in [0.4, 0.5) is 0 Å². The van der Waals surface area contributed by atoms with Crippen molar-refractivity contribution in [2.75, 3.05) is 0 Å². The molecule has 0 aromatic carbocycles. The molecule has 20 heavy (non-hydrogen) atoms. The van der Waals surface area contributed by atoms with Crippen LogP contribution >= 0.6 is 0 Å². The predicted octanol–water partition coefficient (Wildman–Crippen LogP) is 3.99. The van der Waals surface area contributed by atoms with Gasteiger partial charge in [-0.2, -0.15) is 5.10 Å². The molecule has 0 spiro atoms. The van der Waals surface area contributed by atoms with E-state index in [1.165, 1.54) is 11.1 Å². The lowest BCUT2D eigenvalue weighted by molar-refractivity contribution is 0.681. The molecular formula is C16H24N4. The van der Waals surface area contributed by atoms with Crippen LogP contribution in [0.2, 0.25) is 0 Å². The molecule has 0 bridgehead atoms. The standard InChI is InChI=1S/C16H24N4/c1-14(2)7-6-8-15(3)9-10-16(4,5)11-19-20-12-17-18-13-20/h7,10-13H,6,8H2,1-5H3/b19-11-. The Hall–Kier alpha value is -1.93. The number of hydrogen-bond acceptors (Lipinski definition) is 3. The van der Waals surface area contributed by atoms with Crippen molar-refractivity contribution in [2.45, 2.75) is 47.5 Å². The van der Waals surface area contributed by atoms with Gasteiger partial charge in [0.25, 0.3) is 0 Å². The number of allylic oxidation sites excluding steroid dienone is 3. The van der Waals surface area contributed by atoms with Crippen LogP contribution in [0.1, 0.15) is 47.5 Å². The molecule has 0 saturated carbocycles. The third kappa shape index (κ3) is 6.86. The summed E-state index contributed by atoms with van der Waals surface area (Å²) in [7, 11) is 0. The van der Waals surface area contributed by atoms with E-state index in [9.17, 15) is 0 Å². The van der Waals surface area contributed by atoms with Crippen molar-refractivity contribution in [1.29, 1.82) is 0 Å². The lowest BCUT2D eigenvalue weighted by Crippen LogP contribution is -2.09. The van der Waals surface area contributed by atoms with Crippen molar-refractivity contribution in [3.63, 3.8) is 0 Å². The van der Waals surface area contributed by atoms with Gasteiger partial charge < -0.3 is 0 Å². The zero-order valence-electron chi connectivity index (χ0n) is 13.1. The number of nitrogens with zero attached hydrogens (tertiary/aromatic N) is 4. The Kier molecular flexibility index (Phi) is 6.13. The largest absolute Gasteiger partial charge is 0.208 e. The second-order valence-electron chi connectivity index (χ2n) is 5.80. The van der Waals surface area contributed by atoms with Crippen LogP contribution in [0.3, 0.4) is 0 Å². The number of hydrogen-bond donors (Lipinski definition) is 0. The van der Waals surface area contributed by atoms with E-state index in [0.29, 0.717) is 0 Å². The first-order valence-corrected chi connectivity index (χ1v) is 6.86. The first kappa shape index (κ1) is 16.1. The normalized spacial score (nSPS) is 11.2. The van der Waals surface area contributed by atoms with Gasteiger partial charge in [-0.25, -0.2) is 4.68 Å². The Morgan fingerprint density at radius 3 is 2.50 bits per heavy atom. The van der Waals surface area contributed by atoms with Crippen molar-refractivity contribution in [1.82, 2.24) is 14.9 Å². The molecule has 0 aliphatic rings. The van der Waals surface area contributed by atoms with Gasteiger partial charge in [0.05, 0.1) is 0 Å². The van der Waals surface area contributed by atoms with Crippen LogP contribution in [-0.2, 0) is 0 Å². The molecule has 0 saturated heterocycles. The van der Waals surface area contributed by atoms with Crippen LogP contribution < -0.4 is 0 Å². The molecule has 108 valence electrons. The zero-order valence-corrected chi connectivity index (χ0v) is 13.1. The first-order valence-electron chi connectivity index (χ1n) is 6.86. The molecule has 0 atom stereocenters. The van der Waals surface area contributed by atoms with E-state index in [1.807, 2.05) is 6.21 Å². The van der Waals surface area contributed by atoms with Gasteiger partial charge in [-0.15, -0.1) is 15.9 Å². The molecular weight excluding hydrogens is 248 g/mol. The third-order valence-corrected chi connectivity index (χ3v) is 2.69. The molecule has 0 aliphatic heterocycles. The fourth-order valence-corrected chi connectivity index (χ4v) is 1.47. The topological polar surface area (TPSA) is 43.1 Å². The van der Waals surface area contributed by atoms with Crippen molar-refractivity contribution < 1.29 is 0 Å². The second-order valence-corrected chi connectivity index (χ2v) is 5.80. The zero-order chi connectivity index (χ0) is 15.0. The molecule has 0 N–H and O–H groups in total. The fraction of sp³-hybridized carbons (Fsp3) is 0.500. The second kappa shape index (κ2) is 7.61. The average Bonchev–Trinajstić information content (AvgIpc) is 2.87. The van der Waals surface area contributed by atoms with Gasteiger partial charge in [0, 0.05) is 11.6 Å². The molecule has 1 rings (SSSR count). The quantitative estimate of drug-likeness (QED) is 0.446. The number of rotatable bonds is 6. The van der Waals surface area contributed by atoms with E-state index >= 15 is 0 Å².